The summed E-state index contributed by atoms with van der Waals surface area (Å²) in [5.74, 6) is 1.34. The topological polar surface area (TPSA) is 47.9 Å². The summed E-state index contributed by atoms with van der Waals surface area (Å²) < 4.78 is 11.3. The van der Waals surface area contributed by atoms with Crippen molar-refractivity contribution in [2.45, 2.75) is 6.54 Å². The van der Waals surface area contributed by atoms with Crippen LogP contribution in [0, 0.1) is 0 Å². The van der Waals surface area contributed by atoms with Crippen molar-refractivity contribution in [2.75, 3.05) is 6.79 Å². The Balaban J connectivity index is 2.45. The zero-order valence-electron chi connectivity index (χ0n) is 7.12. The predicted octanol–water partition coefficient (Wildman–Crippen LogP) is 2.01. The van der Waals surface area contributed by atoms with E-state index in [1.54, 1.807) is 6.07 Å². The molecule has 1 aromatic carbocycles. The highest BCUT2D eigenvalue weighted by Gasteiger charge is 2.19. The van der Waals surface area contributed by atoms with Crippen LogP contribution >= 0.6 is 15.9 Å². The summed E-state index contributed by atoms with van der Waals surface area (Å²) in [6.07, 6.45) is 1.49. The molecular weight excluding hydrogens is 250 g/mol. The Morgan fingerprint density at radius 1 is 1.50 bits per heavy atom. The third kappa shape index (κ3) is 1.52. The van der Waals surface area contributed by atoms with Crippen molar-refractivity contribution < 1.29 is 14.3 Å². The Morgan fingerprint density at radius 2 is 2.36 bits per heavy atom. The standard InChI is InChI=1S/C9H6BrNO3/c10-7-1-2-8-9(14-5-13-8)6(7)3-11-4-12/h1-2H,3,5H2. The number of ether oxygens (including phenoxy) is 2. The molecule has 1 aliphatic rings. The molecule has 0 unspecified atom stereocenters. The molecule has 4 nitrogen and oxygen atoms in total. The average molecular weight is 256 g/mol. The number of halogens is 1. The molecule has 72 valence electrons. The summed E-state index contributed by atoms with van der Waals surface area (Å²) in [4.78, 5) is 13.5. The Morgan fingerprint density at radius 3 is 3.14 bits per heavy atom. The van der Waals surface area contributed by atoms with Crippen molar-refractivity contribution in [1.82, 2.24) is 0 Å². The molecule has 0 aromatic heterocycles. The minimum absolute atomic E-state index is 0.212. The van der Waals surface area contributed by atoms with E-state index in [0.717, 1.165) is 10.0 Å². The lowest BCUT2D eigenvalue weighted by atomic mass is 10.2. The number of benzene rings is 1. The van der Waals surface area contributed by atoms with Crippen LogP contribution in [-0.2, 0) is 11.3 Å². The molecule has 5 heteroatoms. The first-order valence-corrected chi connectivity index (χ1v) is 4.73. The van der Waals surface area contributed by atoms with Gasteiger partial charge in [-0.25, -0.2) is 9.79 Å². The largest absolute Gasteiger partial charge is 0.454 e. The van der Waals surface area contributed by atoms with Crippen LogP contribution in [0.15, 0.2) is 21.6 Å². The number of fused-ring (bicyclic) bond motifs is 1. The van der Waals surface area contributed by atoms with Gasteiger partial charge in [0, 0.05) is 10.0 Å². The number of rotatable bonds is 2. The van der Waals surface area contributed by atoms with Gasteiger partial charge in [0.2, 0.25) is 12.9 Å². The van der Waals surface area contributed by atoms with Gasteiger partial charge in [-0.1, -0.05) is 15.9 Å². The Bertz CT molecular complexity index is 413. The van der Waals surface area contributed by atoms with E-state index in [1.165, 1.54) is 6.08 Å². The molecular formula is C9H6BrNO3. The van der Waals surface area contributed by atoms with Gasteiger partial charge in [0.25, 0.3) is 0 Å². The van der Waals surface area contributed by atoms with Crippen LogP contribution < -0.4 is 9.47 Å². The van der Waals surface area contributed by atoms with Crippen molar-refractivity contribution in [3.63, 3.8) is 0 Å². The zero-order chi connectivity index (χ0) is 9.97. The third-order valence-electron chi connectivity index (χ3n) is 1.89. The lowest BCUT2D eigenvalue weighted by Crippen LogP contribution is -1.94. The molecule has 0 radical (unpaired) electrons. The van der Waals surface area contributed by atoms with Crippen molar-refractivity contribution in [3.05, 3.63) is 22.2 Å². The van der Waals surface area contributed by atoms with E-state index >= 15 is 0 Å². The van der Waals surface area contributed by atoms with Crippen molar-refractivity contribution in [3.8, 4) is 11.5 Å². The van der Waals surface area contributed by atoms with Gasteiger partial charge in [0.05, 0.1) is 6.54 Å². The lowest BCUT2D eigenvalue weighted by molar-refractivity contribution is 0.173. The highest BCUT2D eigenvalue weighted by molar-refractivity contribution is 9.10. The minimum atomic E-state index is 0.212. The molecule has 0 fully saturated rings. The number of carbonyl (C=O) groups excluding carboxylic acids is 1. The second kappa shape index (κ2) is 3.82. The number of isocyanates is 1. The molecule has 0 N–H and O–H groups in total. The van der Waals surface area contributed by atoms with Gasteiger partial charge < -0.3 is 9.47 Å². The fourth-order valence-electron chi connectivity index (χ4n) is 1.26. The van der Waals surface area contributed by atoms with Gasteiger partial charge in [0.15, 0.2) is 11.5 Å². The average Bonchev–Trinajstić information content (AvgIpc) is 2.64. The number of hydrogen-bond acceptors (Lipinski definition) is 4. The van der Waals surface area contributed by atoms with E-state index in [1.807, 2.05) is 6.07 Å². The lowest BCUT2D eigenvalue weighted by Gasteiger charge is -2.04. The normalized spacial score (nSPS) is 12.4. The Hall–Kier alpha value is -1.32. The van der Waals surface area contributed by atoms with Crippen LogP contribution in [0.3, 0.4) is 0 Å². The highest BCUT2D eigenvalue weighted by atomic mass is 79.9. The molecule has 1 aliphatic heterocycles. The van der Waals surface area contributed by atoms with Gasteiger partial charge in [-0.2, -0.15) is 0 Å². The van der Waals surface area contributed by atoms with E-state index in [4.69, 9.17) is 9.47 Å². The van der Waals surface area contributed by atoms with Gasteiger partial charge >= 0.3 is 0 Å². The monoisotopic (exact) mass is 255 g/mol. The predicted molar refractivity (Wildman–Crippen MR) is 52.1 cm³/mol. The second-order valence-electron chi connectivity index (χ2n) is 2.67. The zero-order valence-corrected chi connectivity index (χ0v) is 8.70. The van der Waals surface area contributed by atoms with E-state index in [-0.39, 0.29) is 13.3 Å². The summed E-state index contributed by atoms with van der Waals surface area (Å²) in [6, 6.07) is 3.64. The van der Waals surface area contributed by atoms with Crippen LogP contribution in [0.4, 0.5) is 0 Å². The van der Waals surface area contributed by atoms with Crippen LogP contribution in [0.1, 0.15) is 5.56 Å². The van der Waals surface area contributed by atoms with Crippen molar-refractivity contribution in [2.24, 2.45) is 4.99 Å². The second-order valence-corrected chi connectivity index (χ2v) is 3.52. The number of nitrogens with zero attached hydrogens (tertiary/aromatic N) is 1. The van der Waals surface area contributed by atoms with Crippen molar-refractivity contribution >= 4 is 22.0 Å². The Kier molecular flexibility index (Phi) is 2.52. The number of hydrogen-bond donors (Lipinski definition) is 0. The van der Waals surface area contributed by atoms with Crippen molar-refractivity contribution in [1.29, 1.82) is 0 Å². The van der Waals surface area contributed by atoms with E-state index in [9.17, 15) is 4.79 Å². The Labute approximate surface area is 88.7 Å². The molecule has 0 bridgehead atoms. The first kappa shape index (κ1) is 9.24. The summed E-state index contributed by atoms with van der Waals surface area (Å²) in [7, 11) is 0. The van der Waals surface area contributed by atoms with Gasteiger partial charge in [-0.3, -0.25) is 0 Å². The van der Waals surface area contributed by atoms with Crippen LogP contribution in [0.5, 0.6) is 11.5 Å². The fraction of sp³-hybridized carbons (Fsp3) is 0.222. The van der Waals surface area contributed by atoms with Crippen LogP contribution in [0.2, 0.25) is 0 Å². The molecule has 1 heterocycles. The molecule has 0 aliphatic carbocycles. The van der Waals surface area contributed by atoms with E-state index in [2.05, 4.69) is 20.9 Å². The molecule has 0 saturated heterocycles. The van der Waals surface area contributed by atoms with E-state index in [0.29, 0.717) is 11.5 Å². The summed E-state index contributed by atoms with van der Waals surface area (Å²) in [5.41, 5.74) is 0.809. The first-order chi connectivity index (χ1) is 6.83. The summed E-state index contributed by atoms with van der Waals surface area (Å²) in [6.45, 7) is 0.459. The van der Waals surface area contributed by atoms with E-state index < -0.39 is 0 Å². The fourth-order valence-corrected chi connectivity index (χ4v) is 1.70. The third-order valence-corrected chi connectivity index (χ3v) is 2.63. The SMILES string of the molecule is O=C=NCc1c(Br)ccc2c1OCO2. The van der Waals surface area contributed by atoms with Crippen LogP contribution in [0.25, 0.3) is 0 Å². The maximum Gasteiger partial charge on any atom is 0.235 e. The summed E-state index contributed by atoms with van der Waals surface area (Å²) >= 11 is 3.35. The molecule has 0 atom stereocenters. The maximum atomic E-state index is 10.0. The summed E-state index contributed by atoms with van der Waals surface area (Å²) in [5, 5.41) is 0. The molecule has 0 saturated carbocycles. The smallest absolute Gasteiger partial charge is 0.235 e. The molecule has 0 spiro atoms. The molecule has 1 aromatic rings. The van der Waals surface area contributed by atoms with Gasteiger partial charge in [0.1, 0.15) is 0 Å². The molecule has 14 heavy (non-hydrogen) atoms. The maximum absolute atomic E-state index is 10.0. The first-order valence-electron chi connectivity index (χ1n) is 3.93. The van der Waals surface area contributed by atoms with Crippen LogP contribution in [-0.4, -0.2) is 12.9 Å². The quantitative estimate of drug-likeness (QED) is 0.600. The van der Waals surface area contributed by atoms with Gasteiger partial charge in [-0.15, -0.1) is 0 Å². The minimum Gasteiger partial charge on any atom is -0.454 e. The van der Waals surface area contributed by atoms with Gasteiger partial charge in [-0.05, 0) is 12.1 Å². The highest BCUT2D eigenvalue weighted by Crippen LogP contribution is 2.39. The number of aliphatic imine (C=N–C) groups is 1. The molecule has 2 rings (SSSR count). The molecule has 0 amide bonds.